The number of hydrogen-bond donors (Lipinski definition) is 0. The fourth-order valence-electron chi connectivity index (χ4n) is 2.70. The normalized spacial score (nSPS) is 10.9. The van der Waals surface area contributed by atoms with Gasteiger partial charge in [0, 0.05) is 12.6 Å². The van der Waals surface area contributed by atoms with E-state index in [9.17, 15) is 9.59 Å². The third-order valence-electron chi connectivity index (χ3n) is 3.98. The summed E-state index contributed by atoms with van der Waals surface area (Å²) >= 11 is 0. The van der Waals surface area contributed by atoms with Crippen LogP contribution in [0.5, 0.6) is 5.75 Å². The molecule has 1 aromatic heterocycles. The molecule has 2 aromatic rings. The van der Waals surface area contributed by atoms with Crippen molar-refractivity contribution in [3.8, 4) is 5.75 Å². The van der Waals surface area contributed by atoms with Gasteiger partial charge in [-0.2, -0.15) is 0 Å². The minimum absolute atomic E-state index is 0.0751. The average Bonchev–Trinajstić information content (AvgIpc) is 2.67. The molecular formula is C20H23NO5. The predicted octanol–water partition coefficient (Wildman–Crippen LogP) is 2.70. The first-order valence-electron chi connectivity index (χ1n) is 8.47. The number of aromatic nitrogens is 1. The molecular weight excluding hydrogens is 334 g/mol. The summed E-state index contributed by atoms with van der Waals surface area (Å²) in [6.45, 7) is 3.68. The first kappa shape index (κ1) is 19.4. The van der Waals surface area contributed by atoms with Gasteiger partial charge in [0.2, 0.25) is 5.41 Å². The summed E-state index contributed by atoms with van der Waals surface area (Å²) in [5, 5.41) is 0. The van der Waals surface area contributed by atoms with E-state index in [0.29, 0.717) is 11.4 Å². The maximum Gasteiger partial charge on any atom is 0.330 e. The van der Waals surface area contributed by atoms with E-state index in [1.807, 2.05) is 0 Å². The Labute approximate surface area is 153 Å². The Morgan fingerprint density at radius 2 is 1.58 bits per heavy atom. The Bertz CT molecular complexity index is 710. The van der Waals surface area contributed by atoms with Crippen molar-refractivity contribution in [1.82, 2.24) is 4.98 Å². The zero-order valence-electron chi connectivity index (χ0n) is 15.2. The summed E-state index contributed by atoms with van der Waals surface area (Å²) in [6.07, 6.45) is 1.61. The maximum atomic E-state index is 12.9. The van der Waals surface area contributed by atoms with Crippen LogP contribution >= 0.6 is 0 Å². The first-order chi connectivity index (χ1) is 12.6. The number of esters is 2. The van der Waals surface area contributed by atoms with Gasteiger partial charge in [0.15, 0.2) is 0 Å². The second-order valence-electron chi connectivity index (χ2n) is 5.59. The van der Waals surface area contributed by atoms with E-state index in [-0.39, 0.29) is 19.6 Å². The molecule has 6 heteroatoms. The lowest BCUT2D eigenvalue weighted by atomic mass is 9.78. The second kappa shape index (κ2) is 8.99. The van der Waals surface area contributed by atoms with Gasteiger partial charge in [-0.25, -0.2) is 0 Å². The molecule has 0 N–H and O–H groups in total. The highest BCUT2D eigenvalue weighted by Gasteiger charge is 2.52. The summed E-state index contributed by atoms with van der Waals surface area (Å²) in [7, 11) is 1.57. The Kier molecular flexibility index (Phi) is 6.72. The Hall–Kier alpha value is -2.89. The van der Waals surface area contributed by atoms with Gasteiger partial charge < -0.3 is 14.2 Å². The fraction of sp³-hybridized carbons (Fsp3) is 0.350. The van der Waals surface area contributed by atoms with E-state index in [4.69, 9.17) is 14.2 Å². The number of ether oxygens (including phenoxy) is 3. The number of pyridine rings is 1. The van der Waals surface area contributed by atoms with Gasteiger partial charge in [-0.15, -0.1) is 0 Å². The summed E-state index contributed by atoms with van der Waals surface area (Å²) < 4.78 is 15.6. The van der Waals surface area contributed by atoms with Crippen molar-refractivity contribution < 1.29 is 23.8 Å². The third kappa shape index (κ3) is 4.02. The van der Waals surface area contributed by atoms with Crippen LogP contribution in [0.4, 0.5) is 0 Å². The summed E-state index contributed by atoms with van der Waals surface area (Å²) in [6, 6.07) is 12.2. The molecule has 0 amide bonds. The van der Waals surface area contributed by atoms with Crippen LogP contribution in [-0.2, 0) is 30.9 Å². The van der Waals surface area contributed by atoms with Crippen LogP contribution in [0, 0.1) is 0 Å². The van der Waals surface area contributed by atoms with Crippen molar-refractivity contribution in [2.75, 3.05) is 20.3 Å². The Balaban J connectivity index is 2.56. The van der Waals surface area contributed by atoms with Crippen LogP contribution in [0.15, 0.2) is 48.7 Å². The highest BCUT2D eigenvalue weighted by molar-refractivity contribution is 6.06. The maximum absolute atomic E-state index is 12.9. The molecule has 0 atom stereocenters. The van der Waals surface area contributed by atoms with Gasteiger partial charge in [0.05, 0.1) is 26.0 Å². The molecule has 138 valence electrons. The highest BCUT2D eigenvalue weighted by atomic mass is 16.6. The van der Waals surface area contributed by atoms with Gasteiger partial charge in [0.1, 0.15) is 5.75 Å². The smallest absolute Gasteiger partial charge is 0.330 e. The number of methoxy groups -OCH3 is 1. The molecule has 0 bridgehead atoms. The van der Waals surface area contributed by atoms with E-state index >= 15 is 0 Å². The summed E-state index contributed by atoms with van der Waals surface area (Å²) in [5.41, 5.74) is -0.604. The standard InChI is InChI=1S/C20H23NO5/c1-4-25-18(22)20(19(23)26-5-2,17-8-6-7-13-21-17)14-15-9-11-16(24-3)12-10-15/h6-13H,4-5,14H2,1-3H3. The van der Waals surface area contributed by atoms with E-state index in [0.717, 1.165) is 5.56 Å². The molecule has 0 fully saturated rings. The number of rotatable bonds is 8. The van der Waals surface area contributed by atoms with E-state index in [1.165, 1.54) is 6.20 Å². The largest absolute Gasteiger partial charge is 0.497 e. The predicted molar refractivity (Wildman–Crippen MR) is 95.9 cm³/mol. The number of benzene rings is 1. The molecule has 6 nitrogen and oxygen atoms in total. The molecule has 0 aliphatic heterocycles. The molecule has 0 aliphatic carbocycles. The fourth-order valence-corrected chi connectivity index (χ4v) is 2.70. The molecule has 1 heterocycles. The highest BCUT2D eigenvalue weighted by Crippen LogP contribution is 2.31. The van der Waals surface area contributed by atoms with Crippen LogP contribution < -0.4 is 4.74 Å². The van der Waals surface area contributed by atoms with Crippen molar-refractivity contribution in [3.63, 3.8) is 0 Å². The number of hydrogen-bond acceptors (Lipinski definition) is 6. The lowest BCUT2D eigenvalue weighted by molar-refractivity contribution is -0.165. The van der Waals surface area contributed by atoms with Gasteiger partial charge in [-0.05, 0) is 43.7 Å². The zero-order chi connectivity index (χ0) is 19.0. The van der Waals surface area contributed by atoms with Crippen molar-refractivity contribution in [2.45, 2.75) is 25.7 Å². The molecule has 2 rings (SSSR count). The Morgan fingerprint density at radius 1 is 0.962 bits per heavy atom. The van der Waals surface area contributed by atoms with Crippen LogP contribution in [0.2, 0.25) is 0 Å². The molecule has 0 unspecified atom stereocenters. The molecule has 0 saturated carbocycles. The topological polar surface area (TPSA) is 74.7 Å². The van der Waals surface area contributed by atoms with Crippen LogP contribution in [0.3, 0.4) is 0 Å². The number of nitrogens with zero attached hydrogens (tertiary/aromatic N) is 1. The molecule has 0 spiro atoms. The molecule has 0 aliphatic rings. The van der Waals surface area contributed by atoms with Crippen molar-refractivity contribution in [2.24, 2.45) is 0 Å². The number of carbonyl (C=O) groups excluding carboxylic acids is 2. The zero-order valence-corrected chi connectivity index (χ0v) is 15.2. The summed E-state index contributed by atoms with van der Waals surface area (Å²) in [5.74, 6) is -0.662. The monoisotopic (exact) mass is 357 g/mol. The van der Waals surface area contributed by atoms with Crippen molar-refractivity contribution >= 4 is 11.9 Å². The molecule has 0 radical (unpaired) electrons. The summed E-state index contributed by atoms with van der Waals surface area (Å²) in [4.78, 5) is 30.1. The van der Waals surface area contributed by atoms with Gasteiger partial charge in [-0.3, -0.25) is 14.6 Å². The van der Waals surface area contributed by atoms with Gasteiger partial charge in [0.25, 0.3) is 0 Å². The molecule has 26 heavy (non-hydrogen) atoms. The molecule has 1 aromatic carbocycles. The van der Waals surface area contributed by atoms with E-state index in [2.05, 4.69) is 4.98 Å². The van der Waals surface area contributed by atoms with Gasteiger partial charge in [-0.1, -0.05) is 18.2 Å². The average molecular weight is 357 g/mol. The lowest BCUT2D eigenvalue weighted by Crippen LogP contribution is -2.48. The van der Waals surface area contributed by atoms with Crippen molar-refractivity contribution in [1.29, 1.82) is 0 Å². The minimum atomic E-state index is -1.66. The Morgan fingerprint density at radius 3 is 2.04 bits per heavy atom. The van der Waals surface area contributed by atoms with Crippen LogP contribution in [0.25, 0.3) is 0 Å². The lowest BCUT2D eigenvalue weighted by Gasteiger charge is -2.28. The quantitative estimate of drug-likeness (QED) is 0.534. The minimum Gasteiger partial charge on any atom is -0.497 e. The van der Waals surface area contributed by atoms with Crippen molar-refractivity contribution in [3.05, 3.63) is 59.9 Å². The SMILES string of the molecule is CCOC(=O)C(Cc1ccc(OC)cc1)(C(=O)OCC)c1ccccn1. The molecule has 0 saturated heterocycles. The second-order valence-corrected chi connectivity index (χ2v) is 5.59. The van der Waals surface area contributed by atoms with Crippen LogP contribution in [-0.4, -0.2) is 37.2 Å². The van der Waals surface area contributed by atoms with Crippen LogP contribution in [0.1, 0.15) is 25.1 Å². The third-order valence-corrected chi connectivity index (χ3v) is 3.98. The van der Waals surface area contributed by atoms with E-state index < -0.39 is 17.4 Å². The first-order valence-corrected chi connectivity index (χ1v) is 8.47. The van der Waals surface area contributed by atoms with Gasteiger partial charge >= 0.3 is 11.9 Å². The van der Waals surface area contributed by atoms with E-state index in [1.54, 1.807) is 63.4 Å². The number of carbonyl (C=O) groups is 2.